The summed E-state index contributed by atoms with van der Waals surface area (Å²) < 4.78 is 0. The molecule has 0 saturated carbocycles. The lowest BCUT2D eigenvalue weighted by atomic mass is 10.0. The molecule has 0 radical (unpaired) electrons. The first kappa shape index (κ1) is 18.7. The van der Waals surface area contributed by atoms with E-state index in [2.05, 4.69) is 15.5 Å². The maximum atomic E-state index is 12.6. The zero-order valence-electron chi connectivity index (χ0n) is 15.2. The molecule has 0 spiro atoms. The molecule has 0 bridgehead atoms. The molecule has 3 amide bonds. The molecule has 2 aliphatic rings. The molecule has 0 unspecified atom stereocenters. The average molecular weight is 398 g/mol. The van der Waals surface area contributed by atoms with E-state index in [9.17, 15) is 14.4 Å². The van der Waals surface area contributed by atoms with Gasteiger partial charge in [-0.3, -0.25) is 24.6 Å². The third-order valence-corrected chi connectivity index (χ3v) is 5.49. The lowest BCUT2D eigenvalue weighted by Gasteiger charge is -2.32. The minimum absolute atomic E-state index is 0.0951. The second kappa shape index (κ2) is 7.73. The van der Waals surface area contributed by atoms with E-state index < -0.39 is 11.8 Å². The van der Waals surface area contributed by atoms with E-state index in [0.29, 0.717) is 11.1 Å². The number of likely N-dealkylation sites (tertiary alicyclic amines) is 1. The Balaban J connectivity index is 1.32. The van der Waals surface area contributed by atoms with Gasteiger partial charge >= 0.3 is 0 Å². The summed E-state index contributed by atoms with van der Waals surface area (Å²) in [5, 5.41) is 6.01. The molecule has 0 aromatic heterocycles. The molecular weight excluding hydrogens is 378 g/mol. The molecule has 2 N–H and O–H groups in total. The van der Waals surface area contributed by atoms with Crippen molar-refractivity contribution in [3.63, 3.8) is 0 Å². The summed E-state index contributed by atoms with van der Waals surface area (Å²) in [6.45, 7) is 2.66. The summed E-state index contributed by atoms with van der Waals surface area (Å²) in [5.41, 5.74) is 2.19. The summed E-state index contributed by atoms with van der Waals surface area (Å²) in [5.74, 6) is -1.09. The van der Waals surface area contributed by atoms with E-state index in [1.165, 1.54) is 17.7 Å². The SMILES string of the molecule is O=C(NC1CCN(Cc2ccc(Cl)cc2)CC1)c1ccc2c(c1)C(=O)NC2=O. The number of hydrogen-bond donors (Lipinski definition) is 2. The van der Waals surface area contributed by atoms with Gasteiger partial charge in [0.2, 0.25) is 0 Å². The number of nitrogens with zero attached hydrogens (tertiary/aromatic N) is 1. The summed E-state index contributed by atoms with van der Waals surface area (Å²) in [6, 6.07) is 12.6. The maximum Gasteiger partial charge on any atom is 0.258 e. The molecule has 1 saturated heterocycles. The molecule has 2 heterocycles. The van der Waals surface area contributed by atoms with Crippen LogP contribution in [0, 0.1) is 0 Å². The van der Waals surface area contributed by atoms with Gasteiger partial charge in [0.25, 0.3) is 17.7 Å². The van der Waals surface area contributed by atoms with E-state index in [-0.39, 0.29) is 17.5 Å². The van der Waals surface area contributed by atoms with Gasteiger partial charge < -0.3 is 5.32 Å². The molecule has 2 aromatic rings. The van der Waals surface area contributed by atoms with E-state index >= 15 is 0 Å². The van der Waals surface area contributed by atoms with Gasteiger partial charge in [-0.05, 0) is 48.7 Å². The quantitative estimate of drug-likeness (QED) is 0.777. The zero-order chi connectivity index (χ0) is 19.7. The zero-order valence-corrected chi connectivity index (χ0v) is 16.0. The topological polar surface area (TPSA) is 78.5 Å². The molecule has 4 rings (SSSR count). The van der Waals surface area contributed by atoms with Crippen LogP contribution < -0.4 is 10.6 Å². The maximum absolute atomic E-state index is 12.6. The third-order valence-electron chi connectivity index (χ3n) is 5.24. The monoisotopic (exact) mass is 397 g/mol. The van der Waals surface area contributed by atoms with Crippen molar-refractivity contribution in [1.29, 1.82) is 0 Å². The number of imide groups is 1. The highest BCUT2D eigenvalue weighted by molar-refractivity contribution is 6.30. The van der Waals surface area contributed by atoms with Gasteiger partial charge in [0.1, 0.15) is 0 Å². The van der Waals surface area contributed by atoms with Crippen molar-refractivity contribution < 1.29 is 14.4 Å². The first-order chi connectivity index (χ1) is 13.5. The van der Waals surface area contributed by atoms with Gasteiger partial charge in [-0.25, -0.2) is 0 Å². The largest absolute Gasteiger partial charge is 0.349 e. The molecule has 28 heavy (non-hydrogen) atoms. The normalized spacial score (nSPS) is 17.3. The fourth-order valence-electron chi connectivity index (χ4n) is 3.66. The molecule has 6 nitrogen and oxygen atoms in total. The number of amides is 3. The first-order valence-electron chi connectivity index (χ1n) is 9.27. The van der Waals surface area contributed by atoms with Crippen LogP contribution >= 0.6 is 11.6 Å². The van der Waals surface area contributed by atoms with Crippen LogP contribution in [0.2, 0.25) is 5.02 Å². The van der Waals surface area contributed by atoms with Gasteiger partial charge in [-0.15, -0.1) is 0 Å². The summed E-state index contributed by atoms with van der Waals surface area (Å²) >= 11 is 5.93. The summed E-state index contributed by atoms with van der Waals surface area (Å²) in [6.07, 6.45) is 1.73. The standard InChI is InChI=1S/C21H20ClN3O3/c22-15-4-1-13(2-5-15)12-25-9-7-16(8-10-25)23-19(26)14-3-6-17-18(11-14)21(28)24-20(17)27/h1-6,11,16H,7-10,12H2,(H,23,26)(H,24,27,28). The average Bonchev–Trinajstić information content (AvgIpc) is 2.98. The Labute approximate surface area is 167 Å². The van der Waals surface area contributed by atoms with E-state index in [1.54, 1.807) is 6.07 Å². The number of nitrogens with one attached hydrogen (secondary N) is 2. The number of hydrogen-bond acceptors (Lipinski definition) is 4. The van der Waals surface area contributed by atoms with Gasteiger partial charge in [0.05, 0.1) is 11.1 Å². The number of halogens is 1. The summed E-state index contributed by atoms with van der Waals surface area (Å²) in [4.78, 5) is 38.3. The lowest BCUT2D eigenvalue weighted by molar-refractivity contribution is 0.0877. The highest BCUT2D eigenvalue weighted by Crippen LogP contribution is 2.19. The van der Waals surface area contributed by atoms with E-state index in [0.717, 1.165) is 37.5 Å². The molecule has 0 atom stereocenters. The highest BCUT2D eigenvalue weighted by atomic mass is 35.5. The molecule has 144 valence electrons. The number of rotatable bonds is 4. The number of benzene rings is 2. The second-order valence-corrected chi connectivity index (χ2v) is 7.63. The van der Waals surface area contributed by atoms with Crippen molar-refractivity contribution in [1.82, 2.24) is 15.5 Å². The predicted octanol–water partition coefficient (Wildman–Crippen LogP) is 2.62. The van der Waals surface area contributed by atoms with Gasteiger partial charge in [0.15, 0.2) is 0 Å². The van der Waals surface area contributed by atoms with Gasteiger partial charge in [0, 0.05) is 36.3 Å². The van der Waals surface area contributed by atoms with Crippen LogP contribution in [0.15, 0.2) is 42.5 Å². The molecule has 1 fully saturated rings. The van der Waals surface area contributed by atoms with Crippen LogP contribution in [-0.2, 0) is 6.54 Å². The molecule has 2 aliphatic heterocycles. The second-order valence-electron chi connectivity index (χ2n) is 7.19. The van der Waals surface area contributed by atoms with Crippen LogP contribution in [0.3, 0.4) is 0 Å². The van der Waals surface area contributed by atoms with Crippen molar-refractivity contribution in [2.45, 2.75) is 25.4 Å². The Hall–Kier alpha value is -2.70. The molecule has 2 aromatic carbocycles. The molecule has 7 heteroatoms. The van der Waals surface area contributed by atoms with Crippen LogP contribution in [0.5, 0.6) is 0 Å². The smallest absolute Gasteiger partial charge is 0.258 e. The van der Waals surface area contributed by atoms with Gasteiger partial charge in [-0.1, -0.05) is 23.7 Å². The van der Waals surface area contributed by atoms with Crippen LogP contribution in [0.1, 0.15) is 49.5 Å². The number of carbonyl (C=O) groups is 3. The minimum atomic E-state index is -0.454. The fraction of sp³-hybridized carbons (Fsp3) is 0.286. The Kier molecular flexibility index (Phi) is 5.15. The Morgan fingerprint density at radius 2 is 1.71 bits per heavy atom. The number of piperidine rings is 1. The highest BCUT2D eigenvalue weighted by Gasteiger charge is 2.28. The van der Waals surface area contributed by atoms with Crippen molar-refractivity contribution >= 4 is 29.3 Å². The Bertz CT molecular complexity index is 934. The lowest BCUT2D eigenvalue weighted by Crippen LogP contribution is -2.44. The predicted molar refractivity (Wildman–Crippen MR) is 105 cm³/mol. The number of fused-ring (bicyclic) bond motifs is 1. The van der Waals surface area contributed by atoms with Crippen LogP contribution in [0.4, 0.5) is 0 Å². The Morgan fingerprint density at radius 1 is 1.04 bits per heavy atom. The number of carbonyl (C=O) groups excluding carboxylic acids is 3. The summed E-state index contributed by atoms with van der Waals surface area (Å²) in [7, 11) is 0. The minimum Gasteiger partial charge on any atom is -0.349 e. The van der Waals surface area contributed by atoms with Crippen molar-refractivity contribution in [2.75, 3.05) is 13.1 Å². The fourth-order valence-corrected chi connectivity index (χ4v) is 3.79. The third kappa shape index (κ3) is 3.93. The van der Waals surface area contributed by atoms with E-state index in [4.69, 9.17) is 11.6 Å². The van der Waals surface area contributed by atoms with Gasteiger partial charge in [-0.2, -0.15) is 0 Å². The van der Waals surface area contributed by atoms with Crippen molar-refractivity contribution in [2.24, 2.45) is 0 Å². The molecular formula is C21H20ClN3O3. The first-order valence-corrected chi connectivity index (χ1v) is 9.65. The van der Waals surface area contributed by atoms with Crippen molar-refractivity contribution in [3.8, 4) is 0 Å². The van der Waals surface area contributed by atoms with E-state index in [1.807, 2.05) is 24.3 Å². The van der Waals surface area contributed by atoms with Crippen LogP contribution in [0.25, 0.3) is 0 Å². The molecule has 0 aliphatic carbocycles. The van der Waals surface area contributed by atoms with Crippen molar-refractivity contribution in [3.05, 3.63) is 69.7 Å². The van der Waals surface area contributed by atoms with Crippen LogP contribution in [-0.4, -0.2) is 41.8 Å². The Morgan fingerprint density at radius 3 is 2.43 bits per heavy atom.